The van der Waals surface area contributed by atoms with Crippen molar-refractivity contribution in [3.8, 4) is 17.0 Å². The number of aryl methyl sites for hydroxylation is 1. The number of ether oxygens (including phenoxy) is 2. The van der Waals surface area contributed by atoms with Crippen molar-refractivity contribution in [1.29, 1.82) is 0 Å². The first-order valence-corrected chi connectivity index (χ1v) is 11.5. The summed E-state index contributed by atoms with van der Waals surface area (Å²) in [5, 5.41) is 8.99. The van der Waals surface area contributed by atoms with E-state index in [0.29, 0.717) is 24.5 Å². The second kappa shape index (κ2) is 8.83. The molecule has 5 rings (SSSR count). The molecule has 3 aromatic rings. The average molecular weight is 422 g/mol. The highest BCUT2D eigenvalue weighted by Crippen LogP contribution is 2.33. The quantitative estimate of drug-likeness (QED) is 0.650. The number of nitrogens with zero attached hydrogens (tertiary/aromatic N) is 4. The summed E-state index contributed by atoms with van der Waals surface area (Å²) in [6, 6.07) is 6.73. The van der Waals surface area contributed by atoms with Crippen molar-refractivity contribution in [2.45, 2.75) is 57.6 Å². The van der Waals surface area contributed by atoms with Gasteiger partial charge in [-0.25, -0.2) is 4.98 Å². The van der Waals surface area contributed by atoms with Gasteiger partial charge in [-0.2, -0.15) is 10.1 Å². The minimum atomic E-state index is 0.0212. The molecule has 1 aliphatic carbocycles. The monoisotopic (exact) mass is 421 g/mol. The molecule has 7 nitrogen and oxygen atoms in total. The van der Waals surface area contributed by atoms with Gasteiger partial charge in [0.25, 0.3) is 0 Å². The number of benzene rings is 1. The number of anilines is 1. The van der Waals surface area contributed by atoms with Gasteiger partial charge in [0.05, 0.1) is 23.9 Å². The Morgan fingerprint density at radius 1 is 1.13 bits per heavy atom. The summed E-state index contributed by atoms with van der Waals surface area (Å²) in [5.74, 6) is 2.09. The predicted molar refractivity (Wildman–Crippen MR) is 121 cm³/mol. The number of rotatable bonds is 5. The van der Waals surface area contributed by atoms with Crippen LogP contribution in [0.4, 0.5) is 5.95 Å². The van der Waals surface area contributed by atoms with Crippen LogP contribution in [-0.4, -0.2) is 45.1 Å². The van der Waals surface area contributed by atoms with Crippen LogP contribution in [0.3, 0.4) is 0 Å². The molecule has 1 unspecified atom stereocenters. The van der Waals surface area contributed by atoms with E-state index in [1.807, 2.05) is 24.1 Å². The highest BCUT2D eigenvalue weighted by Gasteiger charge is 2.22. The maximum absolute atomic E-state index is 6.37. The van der Waals surface area contributed by atoms with Gasteiger partial charge < -0.3 is 14.8 Å². The number of aromatic nitrogens is 4. The summed E-state index contributed by atoms with van der Waals surface area (Å²) in [7, 11) is 1.95. The highest BCUT2D eigenvalue weighted by atomic mass is 16.5. The zero-order valence-electron chi connectivity index (χ0n) is 18.4. The molecule has 1 saturated carbocycles. The molecule has 2 fully saturated rings. The maximum Gasteiger partial charge on any atom is 0.226 e. The Hall–Kier alpha value is -2.67. The summed E-state index contributed by atoms with van der Waals surface area (Å²) in [5.41, 5.74) is 3.03. The molecule has 0 radical (unpaired) electrons. The molecule has 2 aliphatic rings. The zero-order chi connectivity index (χ0) is 21.2. The van der Waals surface area contributed by atoms with Gasteiger partial charge >= 0.3 is 0 Å². The molecule has 1 aromatic carbocycles. The Kier molecular flexibility index (Phi) is 5.76. The molecule has 1 N–H and O–H groups in total. The Morgan fingerprint density at radius 2 is 2.00 bits per heavy atom. The van der Waals surface area contributed by atoms with Gasteiger partial charge in [-0.15, -0.1) is 0 Å². The molecule has 31 heavy (non-hydrogen) atoms. The topological polar surface area (TPSA) is 74.1 Å². The first-order chi connectivity index (χ1) is 15.2. The van der Waals surface area contributed by atoms with Gasteiger partial charge in [-0.3, -0.25) is 4.68 Å². The summed E-state index contributed by atoms with van der Waals surface area (Å²) in [6.07, 6.45) is 10.6. The van der Waals surface area contributed by atoms with E-state index in [2.05, 4.69) is 40.5 Å². The lowest BCUT2D eigenvalue weighted by atomic mass is 9.87. The van der Waals surface area contributed by atoms with Crippen LogP contribution < -0.4 is 10.1 Å². The molecule has 0 amide bonds. The van der Waals surface area contributed by atoms with E-state index in [9.17, 15) is 0 Å². The van der Waals surface area contributed by atoms with Crippen LogP contribution in [0.5, 0.6) is 5.88 Å². The molecular weight excluding hydrogens is 390 g/mol. The lowest BCUT2D eigenvalue weighted by Crippen LogP contribution is -2.29. The molecule has 0 bridgehead atoms. The van der Waals surface area contributed by atoms with Gasteiger partial charge in [-0.05, 0) is 62.1 Å². The first kappa shape index (κ1) is 20.2. The van der Waals surface area contributed by atoms with Crippen LogP contribution in [0.2, 0.25) is 0 Å². The normalized spacial score (nSPS) is 24.3. The highest BCUT2D eigenvalue weighted by molar-refractivity contribution is 5.85. The van der Waals surface area contributed by atoms with E-state index >= 15 is 0 Å². The van der Waals surface area contributed by atoms with E-state index in [1.165, 1.54) is 12.8 Å². The Morgan fingerprint density at radius 3 is 2.81 bits per heavy atom. The van der Waals surface area contributed by atoms with Crippen LogP contribution >= 0.6 is 0 Å². The van der Waals surface area contributed by atoms with Crippen molar-refractivity contribution in [3.63, 3.8) is 0 Å². The number of hydrogen-bond acceptors (Lipinski definition) is 6. The first-order valence-electron chi connectivity index (χ1n) is 11.5. The van der Waals surface area contributed by atoms with Crippen molar-refractivity contribution in [3.05, 3.63) is 30.6 Å². The lowest BCUT2D eigenvalue weighted by molar-refractivity contribution is 0.00578. The number of nitrogens with one attached hydrogen (secondary N) is 1. The standard InChI is InChI=1S/C24H31N5O2/c1-16-5-8-19(9-6-16)27-24-25-14-21(23(28-24)31-20-4-3-11-30-15-20)17-7-10-22-18(12-17)13-26-29(22)2/h7,10,12-14,16,19-20H,3-6,8-9,11,15H2,1-2H3,(H,25,27,28). The largest absolute Gasteiger partial charge is 0.471 e. The molecule has 3 heterocycles. The molecule has 1 atom stereocenters. The fourth-order valence-electron chi connectivity index (χ4n) is 4.60. The van der Waals surface area contributed by atoms with Crippen LogP contribution in [0.15, 0.2) is 30.6 Å². The Labute approximate surface area is 183 Å². The van der Waals surface area contributed by atoms with E-state index in [4.69, 9.17) is 14.5 Å². The average Bonchev–Trinajstić information content (AvgIpc) is 3.16. The van der Waals surface area contributed by atoms with Gasteiger partial charge in [0.2, 0.25) is 11.8 Å². The minimum absolute atomic E-state index is 0.0212. The number of hydrogen-bond donors (Lipinski definition) is 1. The third-order valence-corrected chi connectivity index (χ3v) is 6.56. The smallest absolute Gasteiger partial charge is 0.226 e. The molecule has 2 aromatic heterocycles. The van der Waals surface area contributed by atoms with Gasteiger partial charge in [-0.1, -0.05) is 13.0 Å². The van der Waals surface area contributed by atoms with E-state index < -0.39 is 0 Å². The summed E-state index contributed by atoms with van der Waals surface area (Å²) in [4.78, 5) is 9.47. The van der Waals surface area contributed by atoms with Crippen LogP contribution in [0, 0.1) is 5.92 Å². The second-order valence-electron chi connectivity index (χ2n) is 9.01. The summed E-state index contributed by atoms with van der Waals surface area (Å²) in [6.45, 7) is 3.74. The lowest BCUT2D eigenvalue weighted by Gasteiger charge is -2.27. The van der Waals surface area contributed by atoms with E-state index in [1.54, 1.807) is 0 Å². The fraction of sp³-hybridized carbons (Fsp3) is 0.542. The molecule has 1 saturated heterocycles. The molecule has 7 heteroatoms. The van der Waals surface area contributed by atoms with E-state index in [0.717, 1.165) is 60.2 Å². The zero-order valence-corrected chi connectivity index (χ0v) is 18.4. The molecule has 0 spiro atoms. The van der Waals surface area contributed by atoms with Gasteiger partial charge in [0.15, 0.2) is 0 Å². The Bertz CT molecular complexity index is 1040. The van der Waals surface area contributed by atoms with Crippen LogP contribution in [0.1, 0.15) is 45.4 Å². The fourth-order valence-corrected chi connectivity index (χ4v) is 4.60. The van der Waals surface area contributed by atoms with Crippen molar-refractivity contribution in [2.24, 2.45) is 13.0 Å². The Balaban J connectivity index is 1.44. The van der Waals surface area contributed by atoms with Crippen molar-refractivity contribution in [1.82, 2.24) is 19.7 Å². The van der Waals surface area contributed by atoms with Gasteiger partial charge in [0, 0.05) is 31.3 Å². The van der Waals surface area contributed by atoms with Crippen molar-refractivity contribution < 1.29 is 9.47 Å². The predicted octanol–water partition coefficient (Wildman–Crippen LogP) is 4.58. The third kappa shape index (κ3) is 4.51. The third-order valence-electron chi connectivity index (χ3n) is 6.56. The second-order valence-corrected chi connectivity index (χ2v) is 9.01. The molecular formula is C24H31N5O2. The molecule has 1 aliphatic heterocycles. The van der Waals surface area contributed by atoms with E-state index in [-0.39, 0.29) is 6.10 Å². The minimum Gasteiger partial charge on any atom is -0.471 e. The molecule has 164 valence electrons. The van der Waals surface area contributed by atoms with Crippen LogP contribution in [0.25, 0.3) is 22.0 Å². The van der Waals surface area contributed by atoms with Crippen LogP contribution in [-0.2, 0) is 11.8 Å². The summed E-state index contributed by atoms with van der Waals surface area (Å²) >= 11 is 0. The van der Waals surface area contributed by atoms with Crippen molar-refractivity contribution in [2.75, 3.05) is 18.5 Å². The SMILES string of the molecule is CC1CCC(Nc2ncc(-c3ccc4c(cnn4C)c3)c(OC3CCCOC3)n2)CC1. The number of fused-ring (bicyclic) bond motifs is 1. The maximum atomic E-state index is 6.37. The van der Waals surface area contributed by atoms with Crippen molar-refractivity contribution >= 4 is 16.9 Å². The summed E-state index contributed by atoms with van der Waals surface area (Å²) < 4.78 is 13.9. The van der Waals surface area contributed by atoms with Gasteiger partial charge in [0.1, 0.15) is 6.10 Å².